The lowest BCUT2D eigenvalue weighted by Gasteiger charge is -2.38. The molecule has 0 radical (unpaired) electrons. The number of nitrogens with one attached hydrogen (secondary N) is 1. The van der Waals surface area contributed by atoms with Crippen molar-refractivity contribution in [1.29, 1.82) is 0 Å². The zero-order valence-electron chi connectivity index (χ0n) is 74.1. The number of fused-ring (bicyclic) bond motifs is 5. The molecule has 0 aliphatic carbocycles. The number of hydrogen-bond acceptors (Lipinski definition) is 23. The van der Waals surface area contributed by atoms with Crippen LogP contribution in [-0.4, -0.2) is 269 Å². The zero-order chi connectivity index (χ0) is 94.2. The summed E-state index contributed by atoms with van der Waals surface area (Å²) in [5.41, 5.74) is 15.9. The molecule has 1 N–H and O–H groups in total. The summed E-state index contributed by atoms with van der Waals surface area (Å²) >= 11 is 37.6. The molecule has 16 heterocycles. The number of pyridine rings is 4. The number of piperazine rings is 3. The molecule has 0 bridgehead atoms. The summed E-state index contributed by atoms with van der Waals surface area (Å²) in [6.07, 6.45) is 12.1. The van der Waals surface area contributed by atoms with Gasteiger partial charge in [0.25, 0.3) is 0 Å². The SMILES string of the molecule is CC(=O)N1CCN(Cc2c(-c3ccc(Cl)cc3)nc3ccc(N(C)S(=O)(=O)C(C)C)cn23)CC1.CC(=O)N1CCN(Cc2c(-c3ccc(Cl)cc3Cl)nc3ccc(N4CCCS4(=O)=O)cn23)CC1.CS(=O)(=O)Nc1ccc2nc(-c3ccc(Cl)cc3)c(CN3CCn4ncnc4C3)n2c1.O=C(C1COC1)N1CCN(Cc2c(-c3ccc(Cl)cc3Cl)nc3ccc(-c4ncon4)cn23)CC1. The summed E-state index contributed by atoms with van der Waals surface area (Å²) in [5, 5.41) is 11.1. The maximum atomic E-state index is 12.8. The first kappa shape index (κ1) is 94.9. The second kappa shape index (κ2) is 40.2. The van der Waals surface area contributed by atoms with Crippen LogP contribution in [0.2, 0.25) is 30.1 Å². The lowest BCUT2D eigenvalue weighted by molar-refractivity contribution is -0.151. The molecule has 6 aliphatic heterocycles. The van der Waals surface area contributed by atoms with Gasteiger partial charge < -0.3 is 28.4 Å². The second-order valence-electron chi connectivity index (χ2n) is 33.9. The van der Waals surface area contributed by atoms with Crippen molar-refractivity contribution in [3.05, 3.63) is 230 Å². The van der Waals surface area contributed by atoms with Crippen LogP contribution in [0, 0.1) is 5.92 Å². The molecule has 5 fully saturated rings. The van der Waals surface area contributed by atoms with Crippen LogP contribution in [0.3, 0.4) is 0 Å². The van der Waals surface area contributed by atoms with Crippen molar-refractivity contribution in [3.8, 4) is 56.4 Å². The number of anilines is 3. The fourth-order valence-electron chi connectivity index (χ4n) is 17.2. The van der Waals surface area contributed by atoms with Crippen LogP contribution >= 0.6 is 69.6 Å². The van der Waals surface area contributed by atoms with Crippen molar-refractivity contribution in [2.75, 3.05) is 137 Å². The van der Waals surface area contributed by atoms with Gasteiger partial charge in [-0.25, -0.2) is 54.9 Å². The summed E-state index contributed by atoms with van der Waals surface area (Å²) in [7, 11) is -8.58. The number of benzene rings is 4. The number of aromatic nitrogens is 13. The summed E-state index contributed by atoms with van der Waals surface area (Å²) < 4.78 is 99.3. The van der Waals surface area contributed by atoms with Gasteiger partial charge >= 0.3 is 0 Å². The molecule has 14 aromatic rings. The number of sulfonamides is 3. The van der Waals surface area contributed by atoms with Gasteiger partial charge in [-0.3, -0.25) is 60.5 Å². The molecular formula is C91H97Cl6N23O11S3. The van der Waals surface area contributed by atoms with E-state index in [9.17, 15) is 39.6 Å². The Morgan fingerprint density at radius 3 is 1.44 bits per heavy atom. The number of imidazole rings is 4. The topological polar surface area (TPSA) is 343 Å². The minimum absolute atomic E-state index is 0.0162. The molecule has 5 saturated heterocycles. The number of nitrogens with zero attached hydrogens (tertiary/aromatic N) is 22. The number of halogens is 6. The Morgan fingerprint density at radius 2 is 0.963 bits per heavy atom. The molecule has 34 nitrogen and oxygen atoms in total. The van der Waals surface area contributed by atoms with E-state index in [2.05, 4.69) is 48.9 Å². The average Bonchev–Trinajstić information content (AvgIpc) is 1.62. The quantitative estimate of drug-likeness (QED) is 0.0740. The van der Waals surface area contributed by atoms with Crippen molar-refractivity contribution < 1.29 is 48.9 Å². The van der Waals surface area contributed by atoms with E-state index in [4.69, 9.17) is 98.8 Å². The Balaban J connectivity index is 0.000000124. The first-order valence-corrected chi connectivity index (χ1v) is 50.8. The smallest absolute Gasteiger partial charge is 0.237 e. The zero-order valence-corrected chi connectivity index (χ0v) is 81.1. The van der Waals surface area contributed by atoms with Crippen LogP contribution in [0.4, 0.5) is 17.1 Å². The largest absolute Gasteiger partial charge is 0.380 e. The van der Waals surface area contributed by atoms with Gasteiger partial charge in [0.05, 0.1) is 122 Å². The van der Waals surface area contributed by atoms with E-state index in [-0.39, 0.29) is 29.4 Å². The average molecular weight is 2000 g/mol. The Labute approximate surface area is 804 Å². The summed E-state index contributed by atoms with van der Waals surface area (Å²) in [6.45, 7) is 21.4. The Morgan fingerprint density at radius 1 is 0.507 bits per heavy atom. The maximum Gasteiger partial charge on any atom is 0.237 e. The Bertz CT molecular complexity index is 7080. The van der Waals surface area contributed by atoms with Gasteiger partial charge in [-0.1, -0.05) is 99.0 Å². The summed E-state index contributed by atoms with van der Waals surface area (Å²) in [4.78, 5) is 78.9. The third-order valence-electron chi connectivity index (χ3n) is 24.6. The van der Waals surface area contributed by atoms with Crippen LogP contribution in [0.15, 0.2) is 175 Å². The lowest BCUT2D eigenvalue weighted by Crippen LogP contribution is -2.53. The molecule has 4 aromatic carbocycles. The molecule has 0 unspecified atom stereocenters. The fraction of sp³-hybridized carbons (Fsp3) is 0.352. The Kier molecular flexibility index (Phi) is 28.5. The highest BCUT2D eigenvalue weighted by Gasteiger charge is 2.36. The van der Waals surface area contributed by atoms with E-state index < -0.39 is 35.3 Å². The molecule has 0 saturated carbocycles. The van der Waals surface area contributed by atoms with Gasteiger partial charge in [-0.2, -0.15) is 10.1 Å². The predicted octanol–water partition coefficient (Wildman–Crippen LogP) is 13.3. The van der Waals surface area contributed by atoms with E-state index in [1.165, 1.54) is 15.0 Å². The molecule has 10 aromatic heterocycles. The molecule has 702 valence electrons. The van der Waals surface area contributed by atoms with Crippen molar-refractivity contribution in [2.45, 2.75) is 78.6 Å². The van der Waals surface area contributed by atoms with Crippen LogP contribution in [0.25, 0.3) is 79.0 Å². The maximum absolute atomic E-state index is 12.8. The van der Waals surface area contributed by atoms with E-state index >= 15 is 0 Å². The molecule has 3 amide bonds. The molecule has 0 atom stereocenters. The number of ether oxygens (including phenoxy) is 1. The third kappa shape index (κ3) is 21.2. The highest BCUT2D eigenvalue weighted by molar-refractivity contribution is 7.93. The number of hydrogen-bond donors (Lipinski definition) is 1. The molecule has 6 aliphatic rings. The normalized spacial score (nSPS) is 16.5. The highest BCUT2D eigenvalue weighted by Crippen LogP contribution is 2.39. The van der Waals surface area contributed by atoms with Crippen molar-refractivity contribution in [3.63, 3.8) is 0 Å². The van der Waals surface area contributed by atoms with Crippen LogP contribution < -0.4 is 13.3 Å². The van der Waals surface area contributed by atoms with E-state index in [1.807, 2.05) is 148 Å². The molecule has 43 heteroatoms. The number of carbonyl (C=O) groups excluding carboxylic acids is 3. The van der Waals surface area contributed by atoms with Crippen LogP contribution in [0.5, 0.6) is 0 Å². The molecule has 134 heavy (non-hydrogen) atoms. The fourth-order valence-corrected chi connectivity index (χ4v) is 21.5. The summed E-state index contributed by atoms with van der Waals surface area (Å²) in [5.74, 6) is 1.98. The van der Waals surface area contributed by atoms with Gasteiger partial charge in [0.2, 0.25) is 60.0 Å². The van der Waals surface area contributed by atoms with Crippen molar-refractivity contribution >= 4 is 157 Å². The van der Waals surface area contributed by atoms with Crippen LogP contribution in [0.1, 0.15) is 62.7 Å². The highest BCUT2D eigenvalue weighted by atomic mass is 35.5. The van der Waals surface area contributed by atoms with Gasteiger partial charge in [-0.05, 0) is 129 Å². The number of carbonyl (C=O) groups is 3. The van der Waals surface area contributed by atoms with Gasteiger partial charge in [0.15, 0.2) is 0 Å². The van der Waals surface area contributed by atoms with E-state index in [0.29, 0.717) is 157 Å². The minimum Gasteiger partial charge on any atom is -0.380 e. The first-order valence-electron chi connectivity index (χ1n) is 43.6. The molecular weight excluding hydrogens is 1900 g/mol. The third-order valence-corrected chi connectivity index (χ3v) is 30.8. The van der Waals surface area contributed by atoms with Crippen LogP contribution in [-0.2, 0) is 88.5 Å². The van der Waals surface area contributed by atoms with E-state index in [0.717, 1.165) is 155 Å². The second-order valence-corrected chi connectivity index (χ2v) is 42.7. The molecule has 0 spiro atoms. The standard InChI is InChI=1S/C24H22Cl2N6O3.C24H30ClN5O3S.C23H25Cl2N5O3S.C20H20ClN7O2S/c25-17-2-3-18(19(26)9-17)22-20(11-30-5-7-31(8-6-30)24(33)16-12-34-13-16)32-10-15(1-4-21(32)28-22)23-27-14-35-29-23;1-17(2)34(32,33)27(4)21-9-10-23-26-24(19-5-7-20(25)8-6-19)22(30(23)15-21)16-28-11-13-29(14-12-28)18(3)31;1-16(31)28-10-8-27(9-11-28)15-21-23(19-5-3-17(24)13-20(19)25)26-22-6-4-18(14-29(21)22)30-7-2-12-34(30,32)33;1-31(29,30)25-16-6-7-18-24-20(14-2-4-15(21)5-3-14)17(27(18)10-16)11-26-8-9-28-19(12-26)22-13-23-28/h1-4,9-10,14,16H,5-8,11-13H2;5-10,15,17H,11-14,16H2,1-4H3;3-6,13-14H,2,7-12,15H2,1H3;2-7,10,13,25H,8-9,11-12H2,1H3. The first-order chi connectivity index (χ1) is 64.2. The summed E-state index contributed by atoms with van der Waals surface area (Å²) in [6, 6.07) is 40.5. The van der Waals surface area contributed by atoms with Crippen molar-refractivity contribution in [2.24, 2.45) is 5.92 Å². The van der Waals surface area contributed by atoms with Gasteiger partial charge in [0, 0.05) is 211 Å². The number of rotatable bonds is 20. The number of amides is 3. The van der Waals surface area contributed by atoms with Crippen molar-refractivity contribution in [1.82, 2.24) is 96.7 Å². The molecule has 20 rings (SSSR count). The predicted molar refractivity (Wildman–Crippen MR) is 518 cm³/mol. The van der Waals surface area contributed by atoms with E-state index in [1.54, 1.807) is 83.7 Å². The van der Waals surface area contributed by atoms with Gasteiger partial charge in [0.1, 0.15) is 34.7 Å². The minimum atomic E-state index is -3.47. The lowest BCUT2D eigenvalue weighted by atomic mass is 10.1. The van der Waals surface area contributed by atoms with Gasteiger partial charge in [-0.15, -0.1) is 0 Å². The monoisotopic (exact) mass is 1990 g/mol. The Hall–Kier alpha value is -10.9.